The van der Waals surface area contributed by atoms with Crippen molar-refractivity contribution >= 4 is 28.0 Å². The Balaban J connectivity index is 2.08. The molecule has 0 saturated carbocycles. The van der Waals surface area contributed by atoms with Crippen molar-refractivity contribution in [2.75, 3.05) is 5.32 Å². The molecule has 1 aromatic heterocycles. The highest BCUT2D eigenvalue weighted by Gasteiger charge is 2.14. The van der Waals surface area contributed by atoms with E-state index in [9.17, 15) is 10.1 Å². The van der Waals surface area contributed by atoms with Gasteiger partial charge in [0, 0.05) is 23.3 Å². The summed E-state index contributed by atoms with van der Waals surface area (Å²) >= 11 is 0. The summed E-state index contributed by atoms with van der Waals surface area (Å²) in [5, 5.41) is 16.1. The Morgan fingerprint density at radius 3 is 2.65 bits per heavy atom. The van der Waals surface area contributed by atoms with Gasteiger partial charge in [0.25, 0.3) is 0 Å². The predicted molar refractivity (Wildman–Crippen MR) is 78.1 cm³/mol. The van der Waals surface area contributed by atoms with E-state index >= 15 is 0 Å². The summed E-state index contributed by atoms with van der Waals surface area (Å²) in [6, 6.07) is 16.6. The van der Waals surface area contributed by atoms with E-state index in [4.69, 9.17) is 0 Å². The first kappa shape index (κ1) is 12.1. The fraction of sp³-hybridized carbons (Fsp3) is 0. The Hall–Kier alpha value is -2.95. The molecule has 5 heteroatoms. The lowest BCUT2D eigenvalue weighted by Crippen LogP contribution is -1.99. The number of aromatic nitrogens is 1. The molecule has 0 radical (unpaired) electrons. The van der Waals surface area contributed by atoms with Gasteiger partial charge in [0.15, 0.2) is 0 Å². The number of nitrogens with zero attached hydrogens (tertiary/aromatic N) is 2. The first-order valence-electron chi connectivity index (χ1n) is 6.10. The molecule has 2 aromatic carbocycles. The van der Waals surface area contributed by atoms with Crippen molar-refractivity contribution in [3.05, 3.63) is 70.9 Å². The van der Waals surface area contributed by atoms with Gasteiger partial charge in [0.05, 0.1) is 4.92 Å². The Bertz CT molecular complexity index is 781. The van der Waals surface area contributed by atoms with Gasteiger partial charge in [-0.15, -0.1) is 0 Å². The van der Waals surface area contributed by atoms with Gasteiger partial charge in [0.1, 0.15) is 0 Å². The highest BCUT2D eigenvalue weighted by atomic mass is 16.6. The molecule has 1 heterocycles. The lowest BCUT2D eigenvalue weighted by Gasteiger charge is -2.09. The molecule has 3 aromatic rings. The van der Waals surface area contributed by atoms with Crippen LogP contribution in [0, 0.1) is 10.1 Å². The van der Waals surface area contributed by atoms with Crippen LogP contribution >= 0.6 is 0 Å². The zero-order valence-electron chi connectivity index (χ0n) is 10.5. The standard InChI is InChI=1S/C15H11N3O2/c19-18(20)14-9-4-10-16-15(14)17-13-8-3-6-11-5-1-2-7-12(11)13/h1-10H,(H,16,17). The van der Waals surface area contributed by atoms with E-state index in [1.807, 2.05) is 42.5 Å². The highest BCUT2D eigenvalue weighted by Crippen LogP contribution is 2.29. The Labute approximate surface area is 115 Å². The van der Waals surface area contributed by atoms with Crippen molar-refractivity contribution in [2.24, 2.45) is 0 Å². The van der Waals surface area contributed by atoms with Crippen molar-refractivity contribution in [2.45, 2.75) is 0 Å². The van der Waals surface area contributed by atoms with Crippen molar-refractivity contribution in [3.8, 4) is 0 Å². The van der Waals surface area contributed by atoms with Crippen LogP contribution in [-0.2, 0) is 0 Å². The number of nitro groups is 1. The van der Waals surface area contributed by atoms with E-state index in [2.05, 4.69) is 10.3 Å². The number of fused-ring (bicyclic) bond motifs is 1. The number of nitrogens with one attached hydrogen (secondary N) is 1. The predicted octanol–water partition coefficient (Wildman–Crippen LogP) is 3.89. The zero-order chi connectivity index (χ0) is 13.9. The summed E-state index contributed by atoms with van der Waals surface area (Å²) < 4.78 is 0. The topological polar surface area (TPSA) is 68.1 Å². The third kappa shape index (κ3) is 2.16. The third-order valence-electron chi connectivity index (χ3n) is 3.03. The number of hydrogen-bond donors (Lipinski definition) is 1. The molecule has 0 atom stereocenters. The molecule has 0 fully saturated rings. The molecule has 0 aliphatic rings. The summed E-state index contributed by atoms with van der Waals surface area (Å²) in [6.45, 7) is 0. The smallest absolute Gasteiger partial charge is 0.311 e. The fourth-order valence-electron chi connectivity index (χ4n) is 2.10. The van der Waals surface area contributed by atoms with E-state index in [-0.39, 0.29) is 11.5 Å². The van der Waals surface area contributed by atoms with E-state index in [1.165, 1.54) is 12.3 Å². The van der Waals surface area contributed by atoms with Crippen molar-refractivity contribution in [1.29, 1.82) is 0 Å². The van der Waals surface area contributed by atoms with Gasteiger partial charge in [-0.3, -0.25) is 10.1 Å². The summed E-state index contributed by atoms with van der Waals surface area (Å²) in [5.74, 6) is 0.244. The lowest BCUT2D eigenvalue weighted by molar-refractivity contribution is -0.384. The normalized spacial score (nSPS) is 10.4. The van der Waals surface area contributed by atoms with E-state index in [0.29, 0.717) is 0 Å². The molecule has 1 N–H and O–H groups in total. The van der Waals surface area contributed by atoms with Gasteiger partial charge in [-0.05, 0) is 17.5 Å². The average Bonchev–Trinajstić information content (AvgIpc) is 2.48. The average molecular weight is 265 g/mol. The molecule has 0 aliphatic heterocycles. The molecular formula is C15H11N3O2. The van der Waals surface area contributed by atoms with Gasteiger partial charge < -0.3 is 5.32 Å². The minimum atomic E-state index is -0.444. The van der Waals surface area contributed by atoms with Crippen LogP contribution in [-0.4, -0.2) is 9.91 Å². The summed E-state index contributed by atoms with van der Waals surface area (Å²) in [6.07, 6.45) is 1.53. The van der Waals surface area contributed by atoms with E-state index in [1.54, 1.807) is 6.07 Å². The molecule has 0 saturated heterocycles. The molecule has 0 aliphatic carbocycles. The number of benzene rings is 2. The van der Waals surface area contributed by atoms with Gasteiger partial charge >= 0.3 is 5.69 Å². The molecule has 3 rings (SSSR count). The second kappa shape index (κ2) is 4.97. The number of pyridine rings is 1. The van der Waals surface area contributed by atoms with Crippen LogP contribution in [0.4, 0.5) is 17.2 Å². The summed E-state index contributed by atoms with van der Waals surface area (Å²) in [7, 11) is 0. The molecule has 98 valence electrons. The van der Waals surface area contributed by atoms with E-state index in [0.717, 1.165) is 16.5 Å². The first-order chi connectivity index (χ1) is 9.75. The summed E-state index contributed by atoms with van der Waals surface area (Å²) in [5.41, 5.74) is 0.755. The van der Waals surface area contributed by atoms with Gasteiger partial charge in [-0.25, -0.2) is 4.98 Å². The van der Waals surface area contributed by atoms with E-state index < -0.39 is 4.92 Å². The minimum absolute atomic E-state index is 0.0413. The maximum Gasteiger partial charge on any atom is 0.311 e. The van der Waals surface area contributed by atoms with Crippen molar-refractivity contribution in [3.63, 3.8) is 0 Å². The molecule has 0 bridgehead atoms. The molecule has 5 nitrogen and oxygen atoms in total. The monoisotopic (exact) mass is 265 g/mol. The molecule has 0 amide bonds. The maximum absolute atomic E-state index is 11.0. The molecule has 20 heavy (non-hydrogen) atoms. The van der Waals surface area contributed by atoms with Crippen LogP contribution < -0.4 is 5.32 Å². The van der Waals surface area contributed by atoms with Gasteiger partial charge in [-0.2, -0.15) is 0 Å². The SMILES string of the molecule is O=[N+]([O-])c1cccnc1Nc1cccc2ccccc12. The molecular weight excluding hydrogens is 254 g/mol. The third-order valence-corrected chi connectivity index (χ3v) is 3.03. The Morgan fingerprint density at radius 1 is 1.00 bits per heavy atom. The Kier molecular flexibility index (Phi) is 3.01. The molecule has 0 unspecified atom stereocenters. The van der Waals surface area contributed by atoms with Crippen LogP contribution in [0.15, 0.2) is 60.8 Å². The van der Waals surface area contributed by atoms with Crippen LogP contribution in [0.25, 0.3) is 10.8 Å². The number of rotatable bonds is 3. The van der Waals surface area contributed by atoms with Crippen LogP contribution in [0.2, 0.25) is 0 Å². The second-order valence-electron chi connectivity index (χ2n) is 4.28. The van der Waals surface area contributed by atoms with Crippen LogP contribution in [0.1, 0.15) is 0 Å². The maximum atomic E-state index is 11.0. The summed E-state index contributed by atoms with van der Waals surface area (Å²) in [4.78, 5) is 14.6. The van der Waals surface area contributed by atoms with Crippen molar-refractivity contribution < 1.29 is 4.92 Å². The zero-order valence-corrected chi connectivity index (χ0v) is 10.5. The minimum Gasteiger partial charge on any atom is -0.334 e. The highest BCUT2D eigenvalue weighted by molar-refractivity contribution is 5.95. The van der Waals surface area contributed by atoms with Crippen LogP contribution in [0.3, 0.4) is 0 Å². The largest absolute Gasteiger partial charge is 0.334 e. The molecule has 0 spiro atoms. The number of anilines is 2. The first-order valence-corrected chi connectivity index (χ1v) is 6.10. The van der Waals surface area contributed by atoms with Gasteiger partial charge in [0.2, 0.25) is 5.82 Å². The fourth-order valence-corrected chi connectivity index (χ4v) is 2.10. The Morgan fingerprint density at radius 2 is 1.80 bits per heavy atom. The number of hydrogen-bond acceptors (Lipinski definition) is 4. The van der Waals surface area contributed by atoms with Crippen molar-refractivity contribution in [1.82, 2.24) is 4.98 Å². The lowest BCUT2D eigenvalue weighted by atomic mass is 10.1. The van der Waals surface area contributed by atoms with Crippen LogP contribution in [0.5, 0.6) is 0 Å². The van der Waals surface area contributed by atoms with Gasteiger partial charge in [-0.1, -0.05) is 36.4 Å². The second-order valence-corrected chi connectivity index (χ2v) is 4.28. The quantitative estimate of drug-likeness (QED) is 0.576.